The number of pyridine rings is 2. The van der Waals surface area contributed by atoms with Crippen molar-refractivity contribution in [2.75, 3.05) is 7.11 Å². The van der Waals surface area contributed by atoms with Gasteiger partial charge in [0.1, 0.15) is 0 Å². The van der Waals surface area contributed by atoms with Gasteiger partial charge in [0, 0.05) is 31.0 Å². The number of carbonyl (C=O) groups excluding carboxylic acids is 1. The molecule has 1 saturated carbocycles. The van der Waals surface area contributed by atoms with Crippen LogP contribution >= 0.6 is 11.6 Å². The zero-order valence-electron chi connectivity index (χ0n) is 21.2. The van der Waals surface area contributed by atoms with Crippen LogP contribution in [0.3, 0.4) is 0 Å². The summed E-state index contributed by atoms with van der Waals surface area (Å²) in [6.45, 7) is 0.365. The minimum absolute atomic E-state index is 0.0623. The first-order chi connectivity index (χ1) is 19.1. The Kier molecular flexibility index (Phi) is 7.54. The molecule has 0 saturated heterocycles. The van der Waals surface area contributed by atoms with Crippen molar-refractivity contribution in [3.05, 3.63) is 81.5 Å². The van der Waals surface area contributed by atoms with Gasteiger partial charge in [0.2, 0.25) is 0 Å². The smallest absolute Gasteiger partial charge is 0.434 e. The Bertz CT molecular complexity index is 1630. The molecule has 1 fully saturated rings. The number of rotatable bonds is 6. The lowest BCUT2D eigenvalue weighted by atomic mass is 9.85. The van der Waals surface area contributed by atoms with Gasteiger partial charge < -0.3 is 10.1 Å². The molecule has 0 spiro atoms. The molecular formula is C27H24ClF4N5O3. The number of carbonyl (C=O) groups is 1. The first-order valence-electron chi connectivity index (χ1n) is 12.5. The predicted octanol–water partition coefficient (Wildman–Crippen LogP) is 5.39. The summed E-state index contributed by atoms with van der Waals surface area (Å²) in [5, 5.41) is 2.60. The number of hydrogen-bond acceptors (Lipinski definition) is 5. The Morgan fingerprint density at radius 1 is 1.12 bits per heavy atom. The second-order valence-corrected chi connectivity index (χ2v) is 10.1. The van der Waals surface area contributed by atoms with Gasteiger partial charge in [0.05, 0.1) is 40.6 Å². The van der Waals surface area contributed by atoms with E-state index in [1.54, 1.807) is 29.1 Å². The van der Waals surface area contributed by atoms with E-state index in [0.717, 1.165) is 12.3 Å². The van der Waals surface area contributed by atoms with Gasteiger partial charge in [0.15, 0.2) is 17.3 Å². The van der Waals surface area contributed by atoms with Crippen LogP contribution in [-0.4, -0.2) is 38.2 Å². The van der Waals surface area contributed by atoms with Crippen molar-refractivity contribution < 1.29 is 27.1 Å². The van der Waals surface area contributed by atoms with Gasteiger partial charge in [-0.1, -0.05) is 11.6 Å². The molecule has 0 atom stereocenters. The standard InChI is InChI=1S/C27H24ClF4N5O3/c1-40-23-7-6-18(11-20(23)29)37-21-8-9-33-13-22(21)36(26(37)39)14-15-2-4-17(5-3-15)35-25(38)19-10-16(28)12-34-24(19)27(30,31)32/h6-13,15,17H,2-5,14H2,1H3,(H,35,38)/t15-,17-. The average Bonchev–Trinajstić information content (AvgIpc) is 3.19. The first kappa shape index (κ1) is 27.6. The number of imidazole rings is 1. The highest BCUT2D eigenvalue weighted by atomic mass is 35.5. The number of benzene rings is 1. The third-order valence-electron chi connectivity index (χ3n) is 7.12. The molecule has 1 aliphatic carbocycles. The van der Waals surface area contributed by atoms with E-state index in [0.29, 0.717) is 48.9 Å². The molecule has 1 aromatic carbocycles. The summed E-state index contributed by atoms with van der Waals surface area (Å²) in [6.07, 6.45) is 1.47. The quantitative estimate of drug-likeness (QED) is 0.310. The van der Waals surface area contributed by atoms with Crippen molar-refractivity contribution in [3.63, 3.8) is 0 Å². The lowest BCUT2D eigenvalue weighted by Gasteiger charge is -2.29. The lowest BCUT2D eigenvalue weighted by Crippen LogP contribution is -2.39. The number of fused-ring (bicyclic) bond motifs is 1. The number of amides is 1. The number of alkyl halides is 3. The number of nitrogens with one attached hydrogen (secondary N) is 1. The number of methoxy groups -OCH3 is 1. The summed E-state index contributed by atoms with van der Waals surface area (Å²) in [7, 11) is 1.36. The van der Waals surface area contributed by atoms with E-state index in [9.17, 15) is 27.2 Å². The zero-order valence-corrected chi connectivity index (χ0v) is 22.0. The Hall–Kier alpha value is -3.93. The third-order valence-corrected chi connectivity index (χ3v) is 7.32. The molecule has 1 aliphatic rings. The molecule has 3 heterocycles. The summed E-state index contributed by atoms with van der Waals surface area (Å²) in [4.78, 5) is 33.7. The van der Waals surface area contributed by atoms with Gasteiger partial charge in [-0.15, -0.1) is 0 Å². The van der Waals surface area contributed by atoms with Crippen molar-refractivity contribution in [1.82, 2.24) is 24.4 Å². The molecule has 40 heavy (non-hydrogen) atoms. The predicted molar refractivity (Wildman–Crippen MR) is 139 cm³/mol. The SMILES string of the molecule is COc1ccc(-n2c(=O)n(C[C@H]3CC[C@H](NC(=O)c4cc(Cl)cnc4C(F)(F)F)CC3)c3cnccc32)cc1F. The van der Waals surface area contributed by atoms with Gasteiger partial charge in [0.25, 0.3) is 5.91 Å². The van der Waals surface area contributed by atoms with Crippen LogP contribution in [0.25, 0.3) is 16.7 Å². The fourth-order valence-corrected chi connectivity index (χ4v) is 5.33. The van der Waals surface area contributed by atoms with Crippen molar-refractivity contribution in [1.29, 1.82) is 0 Å². The molecule has 3 aromatic heterocycles. The Balaban J connectivity index is 1.31. The second-order valence-electron chi connectivity index (χ2n) is 9.65. The first-order valence-corrected chi connectivity index (χ1v) is 12.9. The van der Waals surface area contributed by atoms with Crippen LogP contribution < -0.4 is 15.7 Å². The van der Waals surface area contributed by atoms with E-state index in [4.69, 9.17) is 16.3 Å². The minimum Gasteiger partial charge on any atom is -0.494 e. The number of hydrogen-bond donors (Lipinski definition) is 1. The summed E-state index contributed by atoms with van der Waals surface area (Å²) in [5.74, 6) is -1.36. The Labute approximate surface area is 230 Å². The van der Waals surface area contributed by atoms with Crippen LogP contribution in [0.4, 0.5) is 17.6 Å². The number of halogens is 5. The summed E-state index contributed by atoms with van der Waals surface area (Å²) < 4.78 is 62.4. The molecule has 210 valence electrons. The van der Waals surface area contributed by atoms with Crippen LogP contribution in [-0.2, 0) is 12.7 Å². The molecule has 5 rings (SSSR count). The zero-order chi connectivity index (χ0) is 28.6. The van der Waals surface area contributed by atoms with Gasteiger partial charge in [-0.25, -0.2) is 14.2 Å². The maximum Gasteiger partial charge on any atom is 0.434 e. The van der Waals surface area contributed by atoms with E-state index < -0.39 is 29.2 Å². The number of nitrogens with zero attached hydrogens (tertiary/aromatic N) is 4. The van der Waals surface area contributed by atoms with Crippen LogP contribution in [0.2, 0.25) is 5.02 Å². The lowest BCUT2D eigenvalue weighted by molar-refractivity contribution is -0.141. The monoisotopic (exact) mass is 577 g/mol. The Morgan fingerprint density at radius 3 is 2.55 bits per heavy atom. The van der Waals surface area contributed by atoms with E-state index in [-0.39, 0.29) is 28.4 Å². The van der Waals surface area contributed by atoms with Crippen LogP contribution in [0, 0.1) is 11.7 Å². The molecule has 1 amide bonds. The van der Waals surface area contributed by atoms with Gasteiger partial charge in [-0.2, -0.15) is 13.2 Å². The highest BCUT2D eigenvalue weighted by molar-refractivity contribution is 6.30. The van der Waals surface area contributed by atoms with Crippen LogP contribution in [0.5, 0.6) is 5.75 Å². The summed E-state index contributed by atoms with van der Waals surface area (Å²) in [6, 6.07) is 6.59. The van der Waals surface area contributed by atoms with E-state index >= 15 is 0 Å². The average molecular weight is 578 g/mol. The van der Waals surface area contributed by atoms with Crippen molar-refractivity contribution >= 4 is 28.5 Å². The summed E-state index contributed by atoms with van der Waals surface area (Å²) >= 11 is 5.80. The largest absolute Gasteiger partial charge is 0.494 e. The topological polar surface area (TPSA) is 91.0 Å². The fourth-order valence-electron chi connectivity index (χ4n) is 5.17. The van der Waals surface area contributed by atoms with Crippen molar-refractivity contribution in [3.8, 4) is 11.4 Å². The maximum atomic E-state index is 14.4. The van der Waals surface area contributed by atoms with Gasteiger partial charge in [-0.05, 0) is 55.9 Å². The highest BCUT2D eigenvalue weighted by Gasteiger charge is 2.38. The number of aromatic nitrogens is 4. The van der Waals surface area contributed by atoms with Crippen molar-refractivity contribution in [2.24, 2.45) is 5.92 Å². The van der Waals surface area contributed by atoms with Crippen LogP contribution in [0.1, 0.15) is 41.7 Å². The summed E-state index contributed by atoms with van der Waals surface area (Å²) in [5.41, 5.74) is -0.754. The van der Waals surface area contributed by atoms with Crippen molar-refractivity contribution in [2.45, 2.75) is 44.4 Å². The molecule has 0 bridgehead atoms. The number of ether oxygens (including phenoxy) is 1. The molecular weight excluding hydrogens is 554 g/mol. The van der Waals surface area contributed by atoms with Crippen LogP contribution in [0.15, 0.2) is 53.7 Å². The maximum absolute atomic E-state index is 14.4. The molecule has 0 aliphatic heterocycles. The third kappa shape index (κ3) is 5.40. The van der Waals surface area contributed by atoms with E-state index in [1.807, 2.05) is 0 Å². The van der Waals surface area contributed by atoms with Gasteiger partial charge in [-0.3, -0.25) is 18.9 Å². The Morgan fingerprint density at radius 2 is 1.88 bits per heavy atom. The molecule has 13 heteroatoms. The van der Waals surface area contributed by atoms with E-state index in [1.165, 1.54) is 23.8 Å². The molecule has 1 N–H and O–H groups in total. The minimum atomic E-state index is -4.80. The highest BCUT2D eigenvalue weighted by Crippen LogP contribution is 2.32. The fraction of sp³-hybridized carbons (Fsp3) is 0.333. The molecule has 0 radical (unpaired) electrons. The van der Waals surface area contributed by atoms with E-state index in [2.05, 4.69) is 15.3 Å². The molecule has 0 unspecified atom stereocenters. The normalized spacial score (nSPS) is 17.6. The molecule has 4 aromatic rings. The van der Waals surface area contributed by atoms with Gasteiger partial charge >= 0.3 is 11.9 Å². The molecule has 8 nitrogen and oxygen atoms in total. The second kappa shape index (κ2) is 10.9.